The number of β-amino-alcohol motifs (C(OH)–C–C–N with tert-alkyl or cyclic N) is 1. The molecule has 1 N–H and O–H groups in total. The van der Waals surface area contributed by atoms with Gasteiger partial charge < -0.3 is 14.7 Å². The van der Waals surface area contributed by atoms with E-state index in [4.69, 9.17) is 16.3 Å². The van der Waals surface area contributed by atoms with Gasteiger partial charge in [0, 0.05) is 12.6 Å². The first-order valence-corrected chi connectivity index (χ1v) is 8.27. The fourth-order valence-electron chi connectivity index (χ4n) is 2.83. The molecule has 0 saturated carbocycles. The summed E-state index contributed by atoms with van der Waals surface area (Å²) in [5, 5.41) is 19.8. The molecular weight excluding hydrogens is 332 g/mol. The quantitative estimate of drug-likeness (QED) is 0.897. The molecule has 9 heteroatoms. The molecule has 1 aliphatic heterocycles. The van der Waals surface area contributed by atoms with E-state index in [-0.39, 0.29) is 12.1 Å². The Morgan fingerprint density at radius 3 is 2.88 bits per heavy atom. The highest BCUT2D eigenvalue weighted by molar-refractivity contribution is 6.32. The van der Waals surface area contributed by atoms with Gasteiger partial charge in [-0.05, 0) is 26.7 Å². The molecule has 0 aliphatic carbocycles. The first kappa shape index (κ1) is 16.9. The van der Waals surface area contributed by atoms with Gasteiger partial charge in [-0.15, -0.1) is 5.10 Å². The summed E-state index contributed by atoms with van der Waals surface area (Å²) >= 11 is 6.24. The molecule has 1 aliphatic rings. The summed E-state index contributed by atoms with van der Waals surface area (Å²) in [6, 6.07) is 0.435. The van der Waals surface area contributed by atoms with Gasteiger partial charge in [0.15, 0.2) is 5.82 Å². The Kier molecular flexibility index (Phi) is 4.60. The van der Waals surface area contributed by atoms with E-state index in [1.54, 1.807) is 10.9 Å². The van der Waals surface area contributed by atoms with E-state index in [1.807, 2.05) is 18.7 Å². The number of ether oxygens (including phenoxy) is 1. The molecule has 0 aromatic carbocycles. The third-order valence-corrected chi connectivity index (χ3v) is 4.44. The summed E-state index contributed by atoms with van der Waals surface area (Å²) in [7, 11) is 1.50. The minimum absolute atomic E-state index is 0.190. The normalized spacial score (nSPS) is 21.3. The second-order valence-corrected chi connectivity index (χ2v) is 6.67. The number of aliphatic hydroxyl groups is 1. The van der Waals surface area contributed by atoms with Gasteiger partial charge in [-0.2, -0.15) is 4.98 Å². The van der Waals surface area contributed by atoms with Crippen LogP contribution in [0.2, 0.25) is 5.02 Å². The number of anilines is 1. The lowest BCUT2D eigenvalue weighted by Gasteiger charge is -2.38. The van der Waals surface area contributed by atoms with Crippen LogP contribution in [0.1, 0.15) is 38.4 Å². The van der Waals surface area contributed by atoms with Crippen LogP contribution < -0.4 is 9.64 Å². The summed E-state index contributed by atoms with van der Waals surface area (Å²) in [6.45, 7) is 5.11. The molecule has 24 heavy (non-hydrogen) atoms. The van der Waals surface area contributed by atoms with Crippen molar-refractivity contribution in [3.8, 4) is 6.01 Å². The molecule has 1 atom stereocenters. The van der Waals surface area contributed by atoms with Crippen LogP contribution in [0, 0.1) is 0 Å². The lowest BCUT2D eigenvalue weighted by atomic mass is 9.90. The fraction of sp³-hybridized carbons (Fsp3) is 0.600. The van der Waals surface area contributed by atoms with Gasteiger partial charge in [-0.1, -0.05) is 16.8 Å². The minimum Gasteiger partial charge on any atom is -0.467 e. The number of aromatic nitrogens is 5. The first-order chi connectivity index (χ1) is 11.4. The second-order valence-electron chi connectivity index (χ2n) is 6.26. The molecule has 0 amide bonds. The third-order valence-electron chi connectivity index (χ3n) is 4.17. The molecule has 2 aromatic heterocycles. The largest absolute Gasteiger partial charge is 0.467 e. The Morgan fingerprint density at radius 2 is 2.21 bits per heavy atom. The van der Waals surface area contributed by atoms with Gasteiger partial charge in [0.2, 0.25) is 0 Å². The van der Waals surface area contributed by atoms with Crippen molar-refractivity contribution in [3.63, 3.8) is 0 Å². The van der Waals surface area contributed by atoms with Crippen molar-refractivity contribution in [3.05, 3.63) is 23.1 Å². The van der Waals surface area contributed by atoms with Gasteiger partial charge in [-0.25, -0.2) is 9.67 Å². The lowest BCUT2D eigenvalue weighted by Crippen LogP contribution is -2.47. The lowest BCUT2D eigenvalue weighted by molar-refractivity contribution is 0.0174. The zero-order chi connectivity index (χ0) is 17.3. The van der Waals surface area contributed by atoms with E-state index in [1.165, 1.54) is 13.3 Å². The monoisotopic (exact) mass is 352 g/mol. The number of halogens is 1. The van der Waals surface area contributed by atoms with Crippen molar-refractivity contribution in [2.24, 2.45) is 0 Å². The van der Waals surface area contributed by atoms with E-state index in [0.717, 1.165) is 13.0 Å². The standard InChI is InChI=1S/C15H21ClN6O2/c1-10(2)22-8-12(19-20-22)15(23)5-4-6-21(9-15)13-11(16)7-17-14(18-13)24-3/h7-8,10,23H,4-6,9H2,1-3H3/t15-/m1/s1. The average molecular weight is 353 g/mol. The minimum atomic E-state index is -1.09. The highest BCUT2D eigenvalue weighted by Gasteiger charge is 2.38. The second kappa shape index (κ2) is 6.52. The van der Waals surface area contributed by atoms with Crippen molar-refractivity contribution in [2.45, 2.75) is 38.3 Å². The summed E-state index contributed by atoms with van der Waals surface area (Å²) in [5.74, 6) is 0.554. The summed E-state index contributed by atoms with van der Waals surface area (Å²) in [6.07, 6.45) is 4.70. The predicted molar refractivity (Wildman–Crippen MR) is 89.3 cm³/mol. The van der Waals surface area contributed by atoms with E-state index >= 15 is 0 Å². The van der Waals surface area contributed by atoms with Crippen molar-refractivity contribution in [2.75, 3.05) is 25.1 Å². The van der Waals surface area contributed by atoms with Crippen LogP contribution in [0.25, 0.3) is 0 Å². The SMILES string of the molecule is COc1ncc(Cl)c(N2CCC[C@](O)(c3cn(C(C)C)nn3)C2)n1. The van der Waals surface area contributed by atoms with Crippen LogP contribution in [0.15, 0.2) is 12.4 Å². The molecule has 1 saturated heterocycles. The molecule has 0 spiro atoms. The van der Waals surface area contributed by atoms with Crippen LogP contribution in [0.5, 0.6) is 6.01 Å². The van der Waals surface area contributed by atoms with E-state index in [9.17, 15) is 5.11 Å². The highest BCUT2D eigenvalue weighted by Crippen LogP contribution is 2.35. The predicted octanol–water partition coefficient (Wildman–Crippen LogP) is 1.80. The molecular formula is C15H21ClN6O2. The third kappa shape index (κ3) is 3.16. The molecule has 2 aromatic rings. The topological polar surface area (TPSA) is 89.2 Å². The van der Waals surface area contributed by atoms with Crippen LogP contribution >= 0.6 is 11.6 Å². The van der Waals surface area contributed by atoms with E-state index in [0.29, 0.717) is 29.5 Å². The molecule has 0 radical (unpaired) electrons. The molecule has 130 valence electrons. The summed E-state index contributed by atoms with van der Waals surface area (Å²) < 4.78 is 6.81. The highest BCUT2D eigenvalue weighted by atomic mass is 35.5. The average Bonchev–Trinajstić information content (AvgIpc) is 3.06. The maximum atomic E-state index is 11.1. The maximum absolute atomic E-state index is 11.1. The molecule has 0 bridgehead atoms. The van der Waals surface area contributed by atoms with Gasteiger partial charge in [-0.3, -0.25) is 0 Å². The molecule has 8 nitrogen and oxygen atoms in total. The van der Waals surface area contributed by atoms with Gasteiger partial charge in [0.25, 0.3) is 0 Å². The number of hydrogen-bond donors (Lipinski definition) is 1. The number of piperidine rings is 1. The zero-order valence-electron chi connectivity index (χ0n) is 14.0. The number of hydrogen-bond acceptors (Lipinski definition) is 7. The van der Waals surface area contributed by atoms with E-state index in [2.05, 4.69) is 20.3 Å². The Hall–Kier alpha value is -1.93. The fourth-order valence-corrected chi connectivity index (χ4v) is 3.04. The van der Waals surface area contributed by atoms with Gasteiger partial charge in [0.1, 0.15) is 16.3 Å². The molecule has 3 heterocycles. The number of nitrogens with zero attached hydrogens (tertiary/aromatic N) is 6. The van der Waals surface area contributed by atoms with E-state index < -0.39 is 5.60 Å². The van der Waals surface area contributed by atoms with Crippen LogP contribution in [0.4, 0.5) is 5.82 Å². The van der Waals surface area contributed by atoms with Crippen molar-refractivity contribution in [1.82, 2.24) is 25.0 Å². The maximum Gasteiger partial charge on any atom is 0.318 e. The molecule has 1 fully saturated rings. The van der Waals surface area contributed by atoms with Crippen LogP contribution in [-0.4, -0.2) is 50.3 Å². The molecule has 0 unspecified atom stereocenters. The van der Waals surface area contributed by atoms with Crippen LogP contribution in [0.3, 0.4) is 0 Å². The first-order valence-electron chi connectivity index (χ1n) is 7.89. The van der Waals surface area contributed by atoms with Gasteiger partial charge >= 0.3 is 6.01 Å². The van der Waals surface area contributed by atoms with Crippen molar-refractivity contribution < 1.29 is 9.84 Å². The Balaban J connectivity index is 1.88. The Morgan fingerprint density at radius 1 is 1.42 bits per heavy atom. The summed E-state index contributed by atoms with van der Waals surface area (Å²) in [5.41, 5.74) is -0.523. The molecule has 3 rings (SSSR count). The van der Waals surface area contributed by atoms with Crippen molar-refractivity contribution in [1.29, 1.82) is 0 Å². The number of methoxy groups -OCH3 is 1. The number of rotatable bonds is 4. The Labute approximate surface area is 145 Å². The summed E-state index contributed by atoms with van der Waals surface area (Å²) in [4.78, 5) is 10.2. The Bertz CT molecular complexity index is 722. The van der Waals surface area contributed by atoms with Gasteiger partial charge in [0.05, 0.1) is 26.0 Å². The smallest absolute Gasteiger partial charge is 0.318 e. The van der Waals surface area contributed by atoms with Crippen LogP contribution in [-0.2, 0) is 5.60 Å². The van der Waals surface area contributed by atoms with Crippen molar-refractivity contribution >= 4 is 17.4 Å². The zero-order valence-corrected chi connectivity index (χ0v) is 14.7.